The van der Waals surface area contributed by atoms with Crippen LogP contribution in [0.2, 0.25) is 5.02 Å². The minimum Gasteiger partial charge on any atom is -0.273 e. The molecule has 1 amide bonds. The van der Waals surface area contributed by atoms with Crippen LogP contribution in [0.3, 0.4) is 0 Å². The molecular formula is C13H10BrClN2OS. The monoisotopic (exact) mass is 356 g/mol. The van der Waals surface area contributed by atoms with Crippen molar-refractivity contribution in [2.45, 2.75) is 6.42 Å². The Morgan fingerprint density at radius 1 is 1.32 bits per heavy atom. The highest BCUT2D eigenvalue weighted by atomic mass is 79.9. The Morgan fingerprint density at radius 3 is 2.68 bits per heavy atom. The van der Waals surface area contributed by atoms with Crippen LogP contribution in [-0.4, -0.2) is 12.1 Å². The number of nitrogens with one attached hydrogen (secondary N) is 1. The molecule has 0 bridgehead atoms. The van der Waals surface area contributed by atoms with Gasteiger partial charge in [-0.1, -0.05) is 23.7 Å². The lowest BCUT2D eigenvalue weighted by Crippen LogP contribution is -2.19. The number of hydrogen-bond donors (Lipinski definition) is 1. The molecule has 0 fully saturated rings. The molecule has 1 heterocycles. The molecule has 1 aromatic heterocycles. The molecule has 0 aliphatic carbocycles. The van der Waals surface area contributed by atoms with Crippen LogP contribution in [0, 0.1) is 0 Å². The summed E-state index contributed by atoms with van der Waals surface area (Å²) in [5.41, 5.74) is 3.39. The number of rotatable bonds is 4. The largest absolute Gasteiger partial charge is 0.273 e. The number of halogens is 2. The summed E-state index contributed by atoms with van der Waals surface area (Å²) in [5, 5.41) is 4.57. The normalized spacial score (nSPS) is 10.8. The zero-order valence-corrected chi connectivity index (χ0v) is 12.9. The SMILES string of the molecule is O=C(Cc1ccc(Cl)cc1)N/N=C/c1ccc(Br)s1. The molecule has 0 unspecified atom stereocenters. The van der Waals surface area contributed by atoms with E-state index in [-0.39, 0.29) is 12.3 Å². The summed E-state index contributed by atoms with van der Waals surface area (Å²) in [6, 6.07) is 11.0. The number of nitrogens with zero attached hydrogens (tertiary/aromatic N) is 1. The highest BCUT2D eigenvalue weighted by Crippen LogP contribution is 2.20. The predicted molar refractivity (Wildman–Crippen MR) is 82.9 cm³/mol. The summed E-state index contributed by atoms with van der Waals surface area (Å²) < 4.78 is 1.03. The van der Waals surface area contributed by atoms with E-state index < -0.39 is 0 Å². The van der Waals surface area contributed by atoms with Crippen LogP contribution in [0.15, 0.2) is 45.3 Å². The van der Waals surface area contributed by atoms with Crippen LogP contribution >= 0.6 is 38.9 Å². The Labute approximate surface area is 128 Å². The van der Waals surface area contributed by atoms with Crippen molar-refractivity contribution in [3.05, 3.63) is 55.6 Å². The fraction of sp³-hybridized carbons (Fsp3) is 0.0769. The first-order chi connectivity index (χ1) is 9.13. The maximum absolute atomic E-state index is 11.6. The average molecular weight is 358 g/mol. The summed E-state index contributed by atoms with van der Waals surface area (Å²) in [5.74, 6) is -0.158. The lowest BCUT2D eigenvalue weighted by Gasteiger charge is -2.00. The first-order valence-corrected chi connectivity index (χ1v) is 7.44. The predicted octanol–water partition coefficient (Wildman–Crippen LogP) is 3.86. The Kier molecular flexibility index (Phi) is 5.13. The standard InChI is InChI=1S/C13H10BrClN2OS/c14-12-6-5-11(19-12)8-16-17-13(18)7-9-1-3-10(15)4-2-9/h1-6,8H,7H2,(H,17,18)/b16-8+. The molecule has 19 heavy (non-hydrogen) atoms. The zero-order chi connectivity index (χ0) is 13.7. The summed E-state index contributed by atoms with van der Waals surface area (Å²) in [6.07, 6.45) is 1.90. The third kappa shape index (κ3) is 4.78. The molecule has 6 heteroatoms. The second-order valence-electron chi connectivity index (χ2n) is 3.74. The fourth-order valence-electron chi connectivity index (χ4n) is 1.39. The van der Waals surface area contributed by atoms with Crippen molar-refractivity contribution in [2.24, 2.45) is 5.10 Å². The number of thiophene rings is 1. The van der Waals surface area contributed by atoms with Gasteiger partial charge >= 0.3 is 0 Å². The van der Waals surface area contributed by atoms with Gasteiger partial charge in [0, 0.05) is 9.90 Å². The number of carbonyl (C=O) groups is 1. The van der Waals surface area contributed by atoms with E-state index in [0.717, 1.165) is 14.2 Å². The molecule has 0 radical (unpaired) electrons. The van der Waals surface area contributed by atoms with Gasteiger partial charge in [0.15, 0.2) is 0 Å². The number of hydrogen-bond acceptors (Lipinski definition) is 3. The van der Waals surface area contributed by atoms with Crippen LogP contribution in [0.5, 0.6) is 0 Å². The molecule has 98 valence electrons. The summed E-state index contributed by atoms with van der Waals surface area (Å²) in [4.78, 5) is 12.6. The van der Waals surface area contributed by atoms with Gasteiger partial charge in [-0.2, -0.15) is 5.10 Å². The minimum absolute atomic E-state index is 0.158. The molecule has 2 rings (SSSR count). The smallest absolute Gasteiger partial charge is 0.244 e. The van der Waals surface area contributed by atoms with E-state index in [1.165, 1.54) is 0 Å². The maximum Gasteiger partial charge on any atom is 0.244 e. The number of carbonyl (C=O) groups excluding carboxylic acids is 1. The first kappa shape index (κ1) is 14.2. The molecule has 2 aromatic rings. The molecule has 0 saturated carbocycles. The molecule has 1 N–H and O–H groups in total. The maximum atomic E-state index is 11.6. The van der Waals surface area contributed by atoms with Gasteiger partial charge in [0.25, 0.3) is 0 Å². The van der Waals surface area contributed by atoms with Gasteiger partial charge in [-0.05, 0) is 45.8 Å². The first-order valence-electron chi connectivity index (χ1n) is 5.45. The van der Waals surface area contributed by atoms with Gasteiger partial charge < -0.3 is 0 Å². The van der Waals surface area contributed by atoms with E-state index in [2.05, 4.69) is 26.5 Å². The van der Waals surface area contributed by atoms with Gasteiger partial charge in [0.05, 0.1) is 16.4 Å². The van der Waals surface area contributed by atoms with Crippen molar-refractivity contribution < 1.29 is 4.79 Å². The van der Waals surface area contributed by atoms with Crippen molar-refractivity contribution in [3.8, 4) is 0 Å². The Hall–Kier alpha value is -1.17. The van der Waals surface area contributed by atoms with Crippen LogP contribution < -0.4 is 5.43 Å². The van der Waals surface area contributed by atoms with Gasteiger partial charge in [-0.3, -0.25) is 4.79 Å². The van der Waals surface area contributed by atoms with Gasteiger partial charge in [-0.15, -0.1) is 11.3 Å². The van der Waals surface area contributed by atoms with E-state index in [1.54, 1.807) is 29.7 Å². The quantitative estimate of drug-likeness (QED) is 0.655. The highest BCUT2D eigenvalue weighted by molar-refractivity contribution is 9.11. The Morgan fingerprint density at radius 2 is 2.05 bits per heavy atom. The van der Waals surface area contributed by atoms with E-state index in [0.29, 0.717) is 5.02 Å². The second-order valence-corrected chi connectivity index (χ2v) is 6.67. The lowest BCUT2D eigenvalue weighted by molar-refractivity contribution is -0.120. The van der Waals surface area contributed by atoms with Crippen LogP contribution in [0.25, 0.3) is 0 Å². The number of benzene rings is 1. The third-order valence-electron chi connectivity index (χ3n) is 2.25. The summed E-state index contributed by atoms with van der Waals surface area (Å²) >= 11 is 10.7. The van der Waals surface area contributed by atoms with E-state index in [4.69, 9.17) is 11.6 Å². The molecule has 1 aromatic carbocycles. The van der Waals surface area contributed by atoms with Gasteiger partial charge in [0.1, 0.15) is 0 Å². The molecule has 0 atom stereocenters. The molecule has 0 aliphatic heterocycles. The van der Waals surface area contributed by atoms with Crippen LogP contribution in [-0.2, 0) is 11.2 Å². The Balaban J connectivity index is 1.84. The lowest BCUT2D eigenvalue weighted by atomic mass is 10.1. The minimum atomic E-state index is -0.158. The van der Waals surface area contributed by atoms with Crippen LogP contribution in [0.4, 0.5) is 0 Å². The van der Waals surface area contributed by atoms with Gasteiger partial charge in [-0.25, -0.2) is 5.43 Å². The molecular weight excluding hydrogens is 348 g/mol. The fourth-order valence-corrected chi connectivity index (χ4v) is 2.81. The molecule has 0 saturated heterocycles. The van der Waals surface area contributed by atoms with Crippen molar-refractivity contribution in [3.63, 3.8) is 0 Å². The van der Waals surface area contributed by atoms with Gasteiger partial charge in [0.2, 0.25) is 5.91 Å². The number of amides is 1. The topological polar surface area (TPSA) is 41.5 Å². The van der Waals surface area contributed by atoms with Crippen molar-refractivity contribution in [1.82, 2.24) is 5.43 Å². The van der Waals surface area contributed by atoms with Crippen molar-refractivity contribution in [1.29, 1.82) is 0 Å². The third-order valence-corrected chi connectivity index (χ3v) is 4.06. The summed E-state index contributed by atoms with van der Waals surface area (Å²) in [7, 11) is 0. The highest BCUT2D eigenvalue weighted by Gasteiger charge is 2.01. The van der Waals surface area contributed by atoms with E-state index in [1.807, 2.05) is 24.3 Å². The second kappa shape index (κ2) is 6.84. The number of hydrazone groups is 1. The average Bonchev–Trinajstić information content (AvgIpc) is 2.78. The van der Waals surface area contributed by atoms with Crippen molar-refractivity contribution >= 4 is 51.0 Å². The molecule has 3 nitrogen and oxygen atoms in total. The Bertz CT molecular complexity index is 595. The molecule has 0 aliphatic rings. The van der Waals surface area contributed by atoms with Crippen LogP contribution in [0.1, 0.15) is 10.4 Å². The van der Waals surface area contributed by atoms with E-state index >= 15 is 0 Å². The molecule has 0 spiro atoms. The van der Waals surface area contributed by atoms with E-state index in [9.17, 15) is 4.79 Å². The zero-order valence-electron chi connectivity index (χ0n) is 9.77. The summed E-state index contributed by atoms with van der Waals surface area (Å²) in [6.45, 7) is 0. The van der Waals surface area contributed by atoms with Crippen molar-refractivity contribution in [2.75, 3.05) is 0 Å².